The molecule has 2 aromatic rings. The van der Waals surface area contributed by atoms with E-state index in [-0.39, 0.29) is 35.2 Å². The fourth-order valence-corrected chi connectivity index (χ4v) is 3.26. The van der Waals surface area contributed by atoms with Crippen molar-refractivity contribution in [1.29, 1.82) is 0 Å². The second kappa shape index (κ2) is 7.19. The number of nitrogens with zero attached hydrogens (tertiary/aromatic N) is 2. The van der Waals surface area contributed by atoms with Gasteiger partial charge in [-0.05, 0) is 40.6 Å². The summed E-state index contributed by atoms with van der Waals surface area (Å²) in [4.78, 5) is 14.4. The van der Waals surface area contributed by atoms with E-state index in [9.17, 15) is 18.5 Å². The molecular formula is C15H16N2O5S. The Morgan fingerprint density at radius 1 is 1.17 bits per heavy atom. The number of benzene rings is 1. The van der Waals surface area contributed by atoms with Gasteiger partial charge in [-0.15, -0.1) is 0 Å². The lowest BCUT2D eigenvalue weighted by atomic mass is 10.3. The van der Waals surface area contributed by atoms with E-state index >= 15 is 0 Å². The second-order valence-electron chi connectivity index (χ2n) is 4.87. The van der Waals surface area contributed by atoms with Crippen LogP contribution in [0.5, 0.6) is 5.75 Å². The van der Waals surface area contributed by atoms with E-state index in [1.807, 2.05) is 0 Å². The molecule has 0 N–H and O–H groups in total. The predicted octanol–water partition coefficient (Wildman–Crippen LogP) is 2.54. The van der Waals surface area contributed by atoms with Gasteiger partial charge >= 0.3 is 5.82 Å². The first-order valence-corrected chi connectivity index (χ1v) is 8.58. The first-order chi connectivity index (χ1) is 10.9. The molecule has 0 amide bonds. The quantitative estimate of drug-likeness (QED) is 0.437. The minimum absolute atomic E-state index is 0.0395. The number of nitro groups is 1. The van der Waals surface area contributed by atoms with E-state index in [0.29, 0.717) is 5.69 Å². The van der Waals surface area contributed by atoms with Gasteiger partial charge in [0.2, 0.25) is 5.75 Å². The highest BCUT2D eigenvalue weighted by Gasteiger charge is 2.18. The van der Waals surface area contributed by atoms with Gasteiger partial charge in [0.15, 0.2) is 9.84 Å². The van der Waals surface area contributed by atoms with Crippen LogP contribution < -0.4 is 4.74 Å². The van der Waals surface area contributed by atoms with Crippen LogP contribution in [0.3, 0.4) is 0 Å². The molecule has 8 heteroatoms. The zero-order chi connectivity index (χ0) is 16.9. The summed E-state index contributed by atoms with van der Waals surface area (Å²) < 4.78 is 29.5. The van der Waals surface area contributed by atoms with Crippen LogP contribution in [0.1, 0.15) is 12.1 Å². The van der Waals surface area contributed by atoms with E-state index < -0.39 is 14.8 Å². The number of hydrogen-bond acceptors (Lipinski definition) is 6. The average molecular weight is 336 g/mol. The van der Waals surface area contributed by atoms with Gasteiger partial charge in [-0.3, -0.25) is 0 Å². The maximum atomic E-state index is 12.1. The van der Waals surface area contributed by atoms with Crippen LogP contribution in [0, 0.1) is 17.0 Å². The molecule has 0 unspecified atom stereocenters. The van der Waals surface area contributed by atoms with Gasteiger partial charge in [-0.2, -0.15) is 0 Å². The Bertz CT molecular complexity index is 791. The highest BCUT2D eigenvalue weighted by atomic mass is 32.2. The summed E-state index contributed by atoms with van der Waals surface area (Å²) in [6, 6.07) is 11.2. The summed E-state index contributed by atoms with van der Waals surface area (Å²) in [6.45, 7) is 1.70. The number of aryl methyl sites for hydroxylation is 1. The zero-order valence-electron chi connectivity index (χ0n) is 12.5. The SMILES string of the molecule is Cc1ccc(OCCCS(=O)(=O)c2ccccc2)c([N+](=O)[O-])n1. The highest BCUT2D eigenvalue weighted by Crippen LogP contribution is 2.24. The molecule has 0 aliphatic carbocycles. The topological polar surface area (TPSA) is 99.4 Å². The van der Waals surface area contributed by atoms with E-state index in [2.05, 4.69) is 4.98 Å². The summed E-state index contributed by atoms with van der Waals surface area (Å²) in [5, 5.41) is 10.9. The molecular weight excluding hydrogens is 320 g/mol. The molecule has 0 radical (unpaired) electrons. The van der Waals surface area contributed by atoms with Crippen LogP contribution in [-0.4, -0.2) is 30.7 Å². The first kappa shape index (κ1) is 16.9. The van der Waals surface area contributed by atoms with Crippen LogP contribution in [0.25, 0.3) is 0 Å². The molecule has 0 aliphatic heterocycles. The van der Waals surface area contributed by atoms with Crippen LogP contribution in [0.4, 0.5) is 5.82 Å². The maximum absolute atomic E-state index is 12.1. The Kier molecular flexibility index (Phi) is 5.28. The van der Waals surface area contributed by atoms with Gasteiger partial charge in [0.1, 0.15) is 5.69 Å². The van der Waals surface area contributed by atoms with Crippen molar-refractivity contribution in [2.75, 3.05) is 12.4 Å². The second-order valence-corrected chi connectivity index (χ2v) is 6.97. The highest BCUT2D eigenvalue weighted by molar-refractivity contribution is 7.91. The molecule has 0 saturated heterocycles. The molecule has 0 atom stereocenters. The van der Waals surface area contributed by atoms with Gasteiger partial charge in [0, 0.05) is 6.92 Å². The fourth-order valence-electron chi connectivity index (χ4n) is 1.95. The average Bonchev–Trinajstić information content (AvgIpc) is 2.53. The molecule has 23 heavy (non-hydrogen) atoms. The number of ether oxygens (including phenoxy) is 1. The van der Waals surface area contributed by atoms with Gasteiger partial charge in [-0.1, -0.05) is 18.2 Å². The van der Waals surface area contributed by atoms with Gasteiger partial charge in [0.05, 0.1) is 17.3 Å². The van der Waals surface area contributed by atoms with Gasteiger partial charge < -0.3 is 14.9 Å². The third-order valence-corrected chi connectivity index (χ3v) is 4.89. The van der Waals surface area contributed by atoms with E-state index in [4.69, 9.17) is 4.74 Å². The largest absolute Gasteiger partial charge is 0.486 e. The molecule has 2 rings (SSSR count). The maximum Gasteiger partial charge on any atom is 0.406 e. The smallest absolute Gasteiger partial charge is 0.406 e. The number of hydrogen-bond donors (Lipinski definition) is 0. The van der Waals surface area contributed by atoms with Crippen molar-refractivity contribution in [3.05, 3.63) is 58.3 Å². The standard InChI is InChI=1S/C15H16N2O5S/c1-12-8-9-14(15(16-12)17(18)19)22-10-5-11-23(20,21)13-6-3-2-4-7-13/h2-4,6-9H,5,10-11H2,1H3. The molecule has 1 aromatic carbocycles. The van der Waals surface area contributed by atoms with Crippen molar-refractivity contribution in [1.82, 2.24) is 4.98 Å². The predicted molar refractivity (Wildman–Crippen MR) is 84.2 cm³/mol. The third-order valence-electron chi connectivity index (χ3n) is 3.07. The zero-order valence-corrected chi connectivity index (χ0v) is 13.3. The Balaban J connectivity index is 1.95. The summed E-state index contributed by atoms with van der Waals surface area (Å²) in [5.74, 6) is -0.419. The van der Waals surface area contributed by atoms with Crippen molar-refractivity contribution < 1.29 is 18.1 Å². The molecule has 0 spiro atoms. The molecule has 0 fully saturated rings. The van der Waals surface area contributed by atoms with Crippen LogP contribution >= 0.6 is 0 Å². The van der Waals surface area contributed by atoms with Crippen LogP contribution in [-0.2, 0) is 9.84 Å². The van der Waals surface area contributed by atoms with Crippen molar-refractivity contribution in [3.8, 4) is 5.75 Å². The van der Waals surface area contributed by atoms with Crippen molar-refractivity contribution >= 4 is 15.7 Å². The Labute approximate surface area is 134 Å². The first-order valence-electron chi connectivity index (χ1n) is 6.93. The van der Waals surface area contributed by atoms with E-state index in [1.54, 1.807) is 31.2 Å². The van der Waals surface area contributed by atoms with Gasteiger partial charge in [0.25, 0.3) is 0 Å². The number of aromatic nitrogens is 1. The Morgan fingerprint density at radius 2 is 1.87 bits per heavy atom. The molecule has 1 heterocycles. The summed E-state index contributed by atoms with van der Waals surface area (Å²) in [6.07, 6.45) is 0.224. The van der Waals surface area contributed by atoms with Crippen LogP contribution in [0.15, 0.2) is 47.4 Å². The molecule has 0 saturated carbocycles. The molecule has 0 aliphatic rings. The molecule has 0 bridgehead atoms. The van der Waals surface area contributed by atoms with E-state index in [0.717, 1.165) is 0 Å². The molecule has 7 nitrogen and oxygen atoms in total. The lowest BCUT2D eigenvalue weighted by Crippen LogP contribution is -2.11. The van der Waals surface area contributed by atoms with Gasteiger partial charge in [-0.25, -0.2) is 8.42 Å². The number of pyridine rings is 1. The lowest BCUT2D eigenvalue weighted by Gasteiger charge is -2.07. The Hall–Kier alpha value is -2.48. The summed E-state index contributed by atoms with van der Waals surface area (Å²) in [5.41, 5.74) is 0.510. The minimum Gasteiger partial charge on any atom is -0.486 e. The number of sulfone groups is 1. The number of rotatable bonds is 7. The minimum atomic E-state index is -3.38. The monoisotopic (exact) mass is 336 g/mol. The molecule has 122 valence electrons. The molecule has 1 aromatic heterocycles. The summed E-state index contributed by atoms with van der Waals surface area (Å²) in [7, 11) is -3.38. The lowest BCUT2D eigenvalue weighted by molar-refractivity contribution is -0.390. The Morgan fingerprint density at radius 3 is 2.52 bits per heavy atom. The third kappa shape index (κ3) is 4.49. The summed E-state index contributed by atoms with van der Waals surface area (Å²) >= 11 is 0. The van der Waals surface area contributed by atoms with E-state index in [1.165, 1.54) is 18.2 Å². The van der Waals surface area contributed by atoms with Crippen molar-refractivity contribution in [2.45, 2.75) is 18.2 Å². The van der Waals surface area contributed by atoms with Crippen molar-refractivity contribution in [3.63, 3.8) is 0 Å². The van der Waals surface area contributed by atoms with Crippen LogP contribution in [0.2, 0.25) is 0 Å². The normalized spacial score (nSPS) is 11.2. The fraction of sp³-hybridized carbons (Fsp3) is 0.267. The van der Waals surface area contributed by atoms with Crippen molar-refractivity contribution in [2.24, 2.45) is 0 Å².